The molecule has 2 atom stereocenters. The smallest absolute Gasteiger partial charge is 0.228 e. The van der Waals surface area contributed by atoms with Crippen molar-refractivity contribution in [1.29, 1.82) is 0 Å². The first-order valence-corrected chi connectivity index (χ1v) is 8.19. The summed E-state index contributed by atoms with van der Waals surface area (Å²) in [6, 6.07) is 15.5. The van der Waals surface area contributed by atoms with Crippen molar-refractivity contribution in [2.45, 2.75) is 31.7 Å². The fourth-order valence-corrected chi connectivity index (χ4v) is 2.77. The molecule has 2 aromatic rings. The molecule has 0 saturated heterocycles. The second kappa shape index (κ2) is 8.50. The molecule has 0 saturated carbocycles. The lowest BCUT2D eigenvalue weighted by atomic mass is 9.94. The van der Waals surface area contributed by atoms with Crippen LogP contribution in [0.2, 0.25) is 5.02 Å². The van der Waals surface area contributed by atoms with E-state index < -0.39 is 12.0 Å². The maximum absolute atomic E-state index is 12.7. The van der Waals surface area contributed by atoms with Gasteiger partial charge in [0.1, 0.15) is 0 Å². The summed E-state index contributed by atoms with van der Waals surface area (Å²) in [6.45, 7) is 1.92. The van der Waals surface area contributed by atoms with E-state index in [1.54, 1.807) is 24.3 Å². The third kappa shape index (κ3) is 4.83. The molecule has 1 N–H and O–H groups in total. The number of aliphatic carboxylic acids is 1. The predicted molar refractivity (Wildman–Crippen MR) is 91.4 cm³/mol. The van der Waals surface area contributed by atoms with Gasteiger partial charge in [0.2, 0.25) is 5.91 Å². The number of amides is 1. The highest BCUT2D eigenvalue weighted by Gasteiger charge is 2.22. The van der Waals surface area contributed by atoms with Crippen LogP contribution in [0.3, 0.4) is 0 Å². The average Bonchev–Trinajstić information content (AvgIpc) is 2.56. The third-order valence-corrected chi connectivity index (χ3v) is 4.14. The van der Waals surface area contributed by atoms with Gasteiger partial charge in [0.15, 0.2) is 0 Å². The van der Waals surface area contributed by atoms with Crippen LogP contribution in [0, 0.1) is 0 Å². The first-order valence-electron chi connectivity index (χ1n) is 7.82. The number of hydrogen-bond acceptors (Lipinski definition) is 3. The maximum atomic E-state index is 12.7. The zero-order chi connectivity index (χ0) is 17.5. The zero-order valence-electron chi connectivity index (χ0n) is 13.4. The van der Waals surface area contributed by atoms with E-state index in [1.165, 1.54) is 0 Å². The second-order valence-corrected chi connectivity index (χ2v) is 6.00. The number of carbonyl (C=O) groups excluding carboxylic acids is 2. The third-order valence-electron chi connectivity index (χ3n) is 3.89. The number of carboxylic acids is 1. The Labute approximate surface area is 146 Å². The van der Waals surface area contributed by atoms with Gasteiger partial charge in [0.25, 0.3) is 0 Å². The minimum Gasteiger partial charge on any atom is -0.550 e. The number of benzene rings is 2. The number of nitrogens with one attached hydrogen (secondary N) is 1. The lowest BCUT2D eigenvalue weighted by molar-refractivity contribution is -0.306. The summed E-state index contributed by atoms with van der Waals surface area (Å²) < 4.78 is 0. The topological polar surface area (TPSA) is 69.2 Å². The minimum absolute atomic E-state index is 0.204. The van der Waals surface area contributed by atoms with Crippen LogP contribution in [-0.4, -0.2) is 11.9 Å². The summed E-state index contributed by atoms with van der Waals surface area (Å²) in [5.74, 6) is -1.75. The molecule has 0 fully saturated rings. The van der Waals surface area contributed by atoms with Crippen molar-refractivity contribution in [3.8, 4) is 0 Å². The molecular formula is C19H19ClNO3-. The quantitative estimate of drug-likeness (QED) is 0.839. The van der Waals surface area contributed by atoms with E-state index in [4.69, 9.17) is 11.6 Å². The van der Waals surface area contributed by atoms with Crippen LogP contribution in [0.5, 0.6) is 0 Å². The van der Waals surface area contributed by atoms with Gasteiger partial charge in [-0.15, -0.1) is 0 Å². The second-order valence-electron chi connectivity index (χ2n) is 5.56. The van der Waals surface area contributed by atoms with Gasteiger partial charge in [-0.2, -0.15) is 0 Å². The minimum atomic E-state index is -1.22. The average molecular weight is 345 g/mol. The molecule has 5 heteroatoms. The van der Waals surface area contributed by atoms with Crippen molar-refractivity contribution in [1.82, 2.24) is 5.32 Å². The van der Waals surface area contributed by atoms with E-state index in [0.29, 0.717) is 17.0 Å². The van der Waals surface area contributed by atoms with Gasteiger partial charge in [-0.1, -0.05) is 61.0 Å². The molecule has 2 rings (SSSR count). The SMILES string of the molecule is CC[C@H](C(=O)N[C@H](CC(=O)[O-])c1ccc(Cl)cc1)c1ccccc1. The van der Waals surface area contributed by atoms with Crippen LogP contribution in [0.4, 0.5) is 0 Å². The van der Waals surface area contributed by atoms with Crippen molar-refractivity contribution < 1.29 is 14.7 Å². The van der Waals surface area contributed by atoms with Gasteiger partial charge in [-0.25, -0.2) is 0 Å². The summed E-state index contributed by atoms with van der Waals surface area (Å²) in [5, 5.41) is 14.4. The fourth-order valence-electron chi connectivity index (χ4n) is 2.64. The van der Waals surface area contributed by atoms with Gasteiger partial charge in [-0.05, 0) is 29.7 Å². The molecule has 0 unspecified atom stereocenters. The number of carboxylic acid groups (broad SMARTS) is 1. The predicted octanol–water partition coefficient (Wildman–Crippen LogP) is 2.83. The Morgan fingerprint density at radius 1 is 1.04 bits per heavy atom. The summed E-state index contributed by atoms with van der Waals surface area (Å²) >= 11 is 5.86. The van der Waals surface area contributed by atoms with E-state index in [-0.39, 0.29) is 18.2 Å². The summed E-state index contributed by atoms with van der Waals surface area (Å²) in [4.78, 5) is 23.7. The van der Waals surface area contributed by atoms with Gasteiger partial charge >= 0.3 is 0 Å². The molecule has 2 aromatic carbocycles. The molecule has 0 spiro atoms. The van der Waals surface area contributed by atoms with E-state index in [9.17, 15) is 14.7 Å². The fraction of sp³-hybridized carbons (Fsp3) is 0.263. The molecule has 1 amide bonds. The Kier molecular flexibility index (Phi) is 6.38. The Balaban J connectivity index is 2.20. The van der Waals surface area contributed by atoms with E-state index in [1.807, 2.05) is 37.3 Å². The molecule has 0 radical (unpaired) electrons. The van der Waals surface area contributed by atoms with Crippen molar-refractivity contribution in [3.63, 3.8) is 0 Å². The van der Waals surface area contributed by atoms with Crippen LogP contribution in [0.1, 0.15) is 42.9 Å². The molecular weight excluding hydrogens is 326 g/mol. The molecule has 126 valence electrons. The molecule has 0 aliphatic carbocycles. The van der Waals surface area contributed by atoms with E-state index >= 15 is 0 Å². The van der Waals surface area contributed by atoms with Crippen LogP contribution < -0.4 is 10.4 Å². The Bertz CT molecular complexity index is 686. The number of rotatable bonds is 7. The Morgan fingerprint density at radius 3 is 2.21 bits per heavy atom. The van der Waals surface area contributed by atoms with Crippen molar-refractivity contribution in [2.24, 2.45) is 0 Å². The molecule has 0 aliphatic heterocycles. The first-order chi connectivity index (χ1) is 11.5. The zero-order valence-corrected chi connectivity index (χ0v) is 14.1. The molecule has 0 aromatic heterocycles. The summed E-state index contributed by atoms with van der Waals surface area (Å²) in [7, 11) is 0. The molecule has 4 nitrogen and oxygen atoms in total. The molecule has 0 heterocycles. The van der Waals surface area contributed by atoms with Crippen LogP contribution in [0.25, 0.3) is 0 Å². The van der Waals surface area contributed by atoms with Crippen molar-refractivity contribution >= 4 is 23.5 Å². The Morgan fingerprint density at radius 2 is 1.67 bits per heavy atom. The normalized spacial score (nSPS) is 13.1. The standard InChI is InChI=1S/C19H20ClNO3/c1-2-16(13-6-4-3-5-7-13)19(24)21-17(12-18(22)23)14-8-10-15(20)11-9-14/h3-11,16-17H,2,12H2,1H3,(H,21,24)(H,22,23)/p-1/t16-,17+/m0/s1. The van der Waals surface area contributed by atoms with Crippen molar-refractivity contribution in [3.05, 3.63) is 70.7 Å². The number of hydrogen-bond donors (Lipinski definition) is 1. The van der Waals surface area contributed by atoms with E-state index in [0.717, 1.165) is 5.56 Å². The monoisotopic (exact) mass is 344 g/mol. The van der Waals surface area contributed by atoms with Crippen LogP contribution >= 0.6 is 11.6 Å². The van der Waals surface area contributed by atoms with Gasteiger partial charge < -0.3 is 15.2 Å². The van der Waals surface area contributed by atoms with Crippen molar-refractivity contribution in [2.75, 3.05) is 0 Å². The maximum Gasteiger partial charge on any atom is 0.228 e. The first kappa shape index (κ1) is 18.0. The molecule has 24 heavy (non-hydrogen) atoms. The lowest BCUT2D eigenvalue weighted by Gasteiger charge is -2.23. The number of halogens is 1. The van der Waals surface area contributed by atoms with E-state index in [2.05, 4.69) is 5.32 Å². The highest BCUT2D eigenvalue weighted by Crippen LogP contribution is 2.24. The lowest BCUT2D eigenvalue weighted by Crippen LogP contribution is -2.36. The van der Waals surface area contributed by atoms with Gasteiger partial charge in [0, 0.05) is 17.4 Å². The van der Waals surface area contributed by atoms with Gasteiger partial charge in [0.05, 0.1) is 12.0 Å². The van der Waals surface area contributed by atoms with Crippen LogP contribution in [-0.2, 0) is 9.59 Å². The molecule has 0 bridgehead atoms. The summed E-state index contributed by atoms with van der Waals surface area (Å²) in [6.07, 6.45) is 0.326. The summed E-state index contributed by atoms with van der Waals surface area (Å²) in [5.41, 5.74) is 1.58. The Hall–Kier alpha value is -2.33. The number of carbonyl (C=O) groups is 2. The highest BCUT2D eigenvalue weighted by molar-refractivity contribution is 6.30. The highest BCUT2D eigenvalue weighted by atomic mass is 35.5. The molecule has 0 aliphatic rings. The van der Waals surface area contributed by atoms with Crippen LogP contribution in [0.15, 0.2) is 54.6 Å². The largest absolute Gasteiger partial charge is 0.550 e. The van der Waals surface area contributed by atoms with Gasteiger partial charge in [-0.3, -0.25) is 4.79 Å².